The molecule has 2 aromatic rings. The highest BCUT2D eigenvalue weighted by Crippen LogP contribution is 2.30. The summed E-state index contributed by atoms with van der Waals surface area (Å²) in [6.07, 6.45) is 5.15. The zero-order chi connectivity index (χ0) is 26.6. The van der Waals surface area contributed by atoms with Gasteiger partial charge in [-0.15, -0.1) is 11.6 Å². The maximum atomic E-state index is 14.1. The monoisotopic (exact) mass is 524 g/mol. The van der Waals surface area contributed by atoms with Crippen LogP contribution in [0.4, 0.5) is 10.1 Å². The van der Waals surface area contributed by atoms with E-state index in [-0.39, 0.29) is 5.82 Å². The van der Waals surface area contributed by atoms with E-state index in [0.29, 0.717) is 17.1 Å². The lowest BCUT2D eigenvalue weighted by atomic mass is 10.0. The number of ether oxygens (including phenoxy) is 1. The molecule has 1 aliphatic heterocycles. The molecule has 0 radical (unpaired) electrons. The van der Waals surface area contributed by atoms with Crippen LogP contribution in [0, 0.1) is 11.2 Å². The van der Waals surface area contributed by atoms with E-state index in [1.165, 1.54) is 12.4 Å². The summed E-state index contributed by atoms with van der Waals surface area (Å²) in [5, 5.41) is 11.4. The normalized spacial score (nSPS) is 12.3. The lowest BCUT2D eigenvalue weighted by Gasteiger charge is -2.30. The Hall–Kier alpha value is -2.58. The first-order valence-corrected chi connectivity index (χ1v) is 12.1. The fourth-order valence-electron chi connectivity index (χ4n) is 2.95. The van der Waals surface area contributed by atoms with E-state index in [4.69, 9.17) is 17.0 Å². The van der Waals surface area contributed by atoms with Crippen molar-refractivity contribution in [1.29, 1.82) is 5.41 Å². The average Bonchev–Trinajstić information content (AvgIpc) is 2.89. The van der Waals surface area contributed by atoms with Crippen LogP contribution < -0.4 is 5.32 Å². The Bertz CT molecular complexity index is 949. The number of aliphatic imine (C=N–C) groups is 1. The van der Waals surface area contributed by atoms with E-state index in [1.54, 1.807) is 26.4 Å². The number of benzene rings is 2. The van der Waals surface area contributed by atoms with Crippen molar-refractivity contribution in [3.05, 3.63) is 66.5 Å². The van der Waals surface area contributed by atoms with Gasteiger partial charge < -0.3 is 15.0 Å². The topological polar surface area (TPSA) is 77.8 Å². The third-order valence-electron chi connectivity index (χ3n) is 4.44. The van der Waals surface area contributed by atoms with Crippen molar-refractivity contribution in [2.45, 2.75) is 13.3 Å². The van der Waals surface area contributed by atoms with Crippen LogP contribution in [0.2, 0.25) is 0 Å². The number of halogens is 3. The number of rotatable bonds is 5. The molecule has 0 amide bonds. The summed E-state index contributed by atoms with van der Waals surface area (Å²) in [7, 11) is 3.25. The summed E-state index contributed by atoms with van der Waals surface area (Å²) in [6.45, 7) is 8.48. The Balaban J connectivity index is 0.000000995. The van der Waals surface area contributed by atoms with Crippen LogP contribution in [0.15, 0.2) is 60.1 Å². The number of hydrogen-bond donors (Lipinski definition) is 2. The summed E-state index contributed by atoms with van der Waals surface area (Å²) in [4.78, 5) is 16.0. The van der Waals surface area contributed by atoms with Crippen molar-refractivity contribution in [2.24, 2.45) is 4.99 Å². The molecule has 0 aromatic heterocycles. The minimum atomic E-state index is -0.509. The number of amidine groups is 1. The van der Waals surface area contributed by atoms with Gasteiger partial charge in [0.15, 0.2) is 0 Å². The first-order chi connectivity index (χ1) is 16.9. The van der Waals surface area contributed by atoms with E-state index < -0.39 is 5.24 Å². The highest BCUT2D eigenvalue weighted by molar-refractivity contribution is 6.66. The fourth-order valence-corrected chi connectivity index (χ4v) is 2.95. The first kappa shape index (κ1) is 32.4. The van der Waals surface area contributed by atoms with Crippen molar-refractivity contribution >= 4 is 46.2 Å². The van der Waals surface area contributed by atoms with Crippen molar-refractivity contribution in [3.8, 4) is 11.1 Å². The average molecular weight is 525 g/mol. The maximum Gasteiger partial charge on any atom is 0.244 e. The van der Waals surface area contributed by atoms with Crippen LogP contribution >= 0.6 is 23.2 Å². The summed E-state index contributed by atoms with van der Waals surface area (Å²) in [5.74, 6) is 0.225. The number of carbonyl (C=O) groups is 1. The van der Waals surface area contributed by atoms with E-state index in [1.807, 2.05) is 37.4 Å². The van der Waals surface area contributed by atoms with Crippen LogP contribution in [0.5, 0.6) is 0 Å². The van der Waals surface area contributed by atoms with Gasteiger partial charge in [-0.2, -0.15) is 0 Å². The van der Waals surface area contributed by atoms with Gasteiger partial charge in [0.2, 0.25) is 5.24 Å². The molecule has 1 saturated heterocycles. The van der Waals surface area contributed by atoms with Crippen LogP contribution in [-0.2, 0) is 9.53 Å². The molecule has 192 valence electrons. The predicted octanol–water partition coefficient (Wildman–Crippen LogP) is 5.89. The predicted molar refractivity (Wildman–Crippen MR) is 147 cm³/mol. The van der Waals surface area contributed by atoms with Crippen molar-refractivity contribution in [3.63, 3.8) is 0 Å². The first-order valence-electron chi connectivity index (χ1n) is 10.9. The molecule has 0 spiro atoms. The molecule has 1 heterocycles. The Labute approximate surface area is 218 Å². The number of piperazine rings is 1. The van der Waals surface area contributed by atoms with E-state index in [0.717, 1.165) is 49.8 Å². The van der Waals surface area contributed by atoms with Crippen LogP contribution in [0.3, 0.4) is 0 Å². The van der Waals surface area contributed by atoms with Gasteiger partial charge in [0.05, 0.1) is 5.69 Å². The van der Waals surface area contributed by atoms with Crippen molar-refractivity contribution < 1.29 is 13.9 Å². The zero-order valence-corrected chi connectivity index (χ0v) is 22.3. The molecule has 2 aromatic carbocycles. The number of carbonyl (C=O) groups excluding carboxylic acids is 1. The Morgan fingerprint density at radius 1 is 1.23 bits per heavy atom. The molecule has 0 bridgehead atoms. The van der Waals surface area contributed by atoms with Crippen molar-refractivity contribution in [1.82, 2.24) is 10.2 Å². The summed E-state index contributed by atoms with van der Waals surface area (Å²) < 4.78 is 18.4. The summed E-state index contributed by atoms with van der Waals surface area (Å²) in [5.41, 5.74) is 2.83. The van der Waals surface area contributed by atoms with Gasteiger partial charge in [-0.05, 0) is 47.9 Å². The second-order valence-electron chi connectivity index (χ2n) is 6.93. The number of nitrogens with zero attached hydrogens (tertiary/aromatic N) is 2. The minimum absolute atomic E-state index is 0.252. The summed E-state index contributed by atoms with van der Waals surface area (Å²) in [6, 6.07) is 12.4. The van der Waals surface area contributed by atoms with Crippen molar-refractivity contribution in [2.75, 3.05) is 46.8 Å². The number of methoxy groups -OCH3 is 1. The Morgan fingerprint density at radius 2 is 1.80 bits per heavy atom. The minimum Gasteiger partial charge on any atom is -0.388 e. The zero-order valence-electron chi connectivity index (χ0n) is 20.8. The molecule has 2 N–H and O–H groups in total. The number of allylic oxidation sites excluding steroid dienone is 1. The quantitative estimate of drug-likeness (QED) is 0.168. The lowest BCUT2D eigenvalue weighted by Crippen LogP contribution is -2.46. The molecule has 6 nitrogen and oxygen atoms in total. The highest BCUT2D eigenvalue weighted by Gasteiger charge is 2.18. The van der Waals surface area contributed by atoms with Gasteiger partial charge in [0.1, 0.15) is 11.7 Å². The number of hydrogen-bond acceptors (Lipinski definition) is 5. The molecule has 3 rings (SSSR count). The molecule has 35 heavy (non-hydrogen) atoms. The van der Waals surface area contributed by atoms with Gasteiger partial charge in [-0.3, -0.25) is 15.2 Å². The molecule has 1 aliphatic rings. The second-order valence-corrected chi connectivity index (χ2v) is 7.31. The molecule has 9 heteroatoms. The maximum absolute atomic E-state index is 14.1. The van der Waals surface area contributed by atoms with E-state index in [9.17, 15) is 9.18 Å². The van der Waals surface area contributed by atoms with Gasteiger partial charge in [-0.25, -0.2) is 4.39 Å². The Morgan fingerprint density at radius 3 is 2.31 bits per heavy atom. The molecule has 0 atom stereocenters. The SMILES string of the molecule is C=CC(=O)Cl.CCC=Nc1cc(-c2ccccc2F)ccc1C(=N)N1CCNCC1.CCl.COC. The number of nitrogens with one attached hydrogen (secondary N) is 2. The Kier molecular flexibility index (Phi) is 18.2. The van der Waals surface area contributed by atoms with E-state index in [2.05, 4.69) is 38.1 Å². The van der Waals surface area contributed by atoms with Gasteiger partial charge >= 0.3 is 0 Å². The van der Waals surface area contributed by atoms with E-state index >= 15 is 0 Å². The molecular weight excluding hydrogens is 490 g/mol. The van der Waals surface area contributed by atoms with Gasteiger partial charge in [-0.1, -0.05) is 37.8 Å². The number of alkyl halides is 1. The van der Waals surface area contributed by atoms with Crippen LogP contribution in [0.1, 0.15) is 18.9 Å². The molecule has 0 saturated carbocycles. The molecule has 0 unspecified atom stereocenters. The lowest BCUT2D eigenvalue weighted by molar-refractivity contribution is -0.107. The smallest absolute Gasteiger partial charge is 0.244 e. The van der Waals surface area contributed by atoms with Crippen LogP contribution in [0.25, 0.3) is 11.1 Å². The molecule has 1 fully saturated rings. The fraction of sp³-hybridized carbons (Fsp3) is 0.346. The summed E-state index contributed by atoms with van der Waals surface area (Å²) >= 11 is 9.34. The largest absolute Gasteiger partial charge is 0.388 e. The van der Waals surface area contributed by atoms with Crippen LogP contribution in [-0.4, -0.2) is 69.0 Å². The molecule has 0 aliphatic carbocycles. The third kappa shape index (κ3) is 12.1. The highest BCUT2D eigenvalue weighted by atomic mass is 35.5. The second kappa shape index (κ2) is 19.7. The molecular formula is C26H35Cl2FN4O2. The van der Waals surface area contributed by atoms with Gasteiger partial charge in [0, 0.05) is 64.1 Å². The standard InChI is InChI=1S/C20H23FN4.C3H3ClO.C2H6O.CH3Cl/c1-2-9-24-19-14-15(16-5-3-4-6-18(16)21)7-8-17(19)20(22)25-12-10-23-11-13-25;1-2-3(4)5;1-3-2;1-2/h3-9,14,22-23H,2,10-13H2,1H3;2H,1H2;1-2H3;1H3. The third-order valence-corrected chi connectivity index (χ3v) is 4.60. The van der Waals surface area contributed by atoms with Gasteiger partial charge in [0.25, 0.3) is 0 Å².